The second-order valence-corrected chi connectivity index (χ2v) is 20.4. The molecule has 0 aromatic heterocycles. The first-order chi connectivity index (χ1) is 16.6. The van der Waals surface area contributed by atoms with Crippen LogP contribution >= 0.6 is 15.8 Å². The van der Waals surface area contributed by atoms with Crippen LogP contribution in [0, 0.1) is 0 Å². The SMILES string of the molecule is C[C@H](C1=C(c2ccccc2P(C2CCCCC2)C2CCCCC2)C=CC1)P(C(C)(C)C)C(C)(C)C. The Kier molecular flexibility index (Phi) is 9.09. The maximum atomic E-state index is 2.57. The van der Waals surface area contributed by atoms with Gasteiger partial charge in [-0.25, -0.2) is 0 Å². The summed E-state index contributed by atoms with van der Waals surface area (Å²) in [4.78, 5) is 0. The molecule has 2 fully saturated rings. The van der Waals surface area contributed by atoms with Gasteiger partial charge < -0.3 is 0 Å². The van der Waals surface area contributed by atoms with Gasteiger partial charge in [0.2, 0.25) is 0 Å². The van der Waals surface area contributed by atoms with Gasteiger partial charge in [-0.3, -0.25) is 0 Å². The molecule has 0 unspecified atom stereocenters. The van der Waals surface area contributed by atoms with Gasteiger partial charge in [0.15, 0.2) is 0 Å². The van der Waals surface area contributed by atoms with Gasteiger partial charge in [0.25, 0.3) is 0 Å². The summed E-state index contributed by atoms with van der Waals surface area (Å²) in [5.74, 6) is 0. The Balaban J connectivity index is 1.78. The maximum Gasteiger partial charge on any atom is -0.000603 e. The van der Waals surface area contributed by atoms with E-state index in [1.54, 1.807) is 22.0 Å². The Labute approximate surface area is 220 Å². The molecule has 0 bridgehead atoms. The molecule has 1 aromatic rings. The van der Waals surface area contributed by atoms with E-state index < -0.39 is 0 Å². The van der Waals surface area contributed by atoms with Crippen molar-refractivity contribution in [2.75, 3.05) is 0 Å². The molecule has 35 heavy (non-hydrogen) atoms. The second-order valence-electron chi connectivity index (χ2n) is 13.4. The summed E-state index contributed by atoms with van der Waals surface area (Å²) < 4.78 is 0. The first-order valence-electron chi connectivity index (χ1n) is 14.7. The summed E-state index contributed by atoms with van der Waals surface area (Å²) in [5.41, 5.74) is 7.51. The standard InChI is InChI=1S/C33H52P2/c1-25(35(32(2,3)4)33(5,6)7)28-22-16-23-29(28)30-21-14-15-24-31(30)34(26-17-10-8-11-18-26)27-19-12-9-13-20-27/h14-16,21,23-27H,8-13,17-20,22H2,1-7H3/t25-/m1/s1. The predicted molar refractivity (Wildman–Crippen MR) is 163 cm³/mol. The number of benzene rings is 1. The van der Waals surface area contributed by atoms with Crippen LogP contribution in [0.25, 0.3) is 5.57 Å². The molecular weight excluding hydrogens is 458 g/mol. The summed E-state index contributed by atoms with van der Waals surface area (Å²) in [5, 5.41) is 2.47. The first-order valence-corrected chi connectivity index (χ1v) is 17.5. The summed E-state index contributed by atoms with van der Waals surface area (Å²) in [7, 11) is -0.264. The summed E-state index contributed by atoms with van der Waals surface area (Å²) in [6.45, 7) is 17.5. The van der Waals surface area contributed by atoms with E-state index in [2.05, 4.69) is 84.9 Å². The first kappa shape index (κ1) is 27.6. The fourth-order valence-corrected chi connectivity index (χ4v) is 16.7. The van der Waals surface area contributed by atoms with E-state index in [-0.39, 0.29) is 15.8 Å². The van der Waals surface area contributed by atoms with Crippen molar-refractivity contribution in [3.05, 3.63) is 47.6 Å². The second kappa shape index (κ2) is 11.5. The van der Waals surface area contributed by atoms with Crippen molar-refractivity contribution >= 4 is 26.7 Å². The smallest absolute Gasteiger partial charge is 0.000603 e. The van der Waals surface area contributed by atoms with Crippen LogP contribution in [-0.2, 0) is 0 Å². The zero-order valence-electron chi connectivity index (χ0n) is 23.9. The van der Waals surface area contributed by atoms with Crippen LogP contribution in [0.15, 0.2) is 42.0 Å². The molecule has 1 aromatic carbocycles. The minimum Gasteiger partial charge on any atom is -0.0885 e. The van der Waals surface area contributed by atoms with Gasteiger partial charge >= 0.3 is 0 Å². The van der Waals surface area contributed by atoms with E-state index in [0.717, 1.165) is 17.7 Å². The highest BCUT2D eigenvalue weighted by molar-refractivity contribution is 7.67. The van der Waals surface area contributed by atoms with Gasteiger partial charge in [-0.05, 0) is 75.8 Å². The zero-order chi connectivity index (χ0) is 25.2. The predicted octanol–water partition coefficient (Wildman–Crippen LogP) is 10.6. The van der Waals surface area contributed by atoms with Crippen molar-refractivity contribution in [2.24, 2.45) is 0 Å². The Morgan fingerprint density at radius 3 is 1.77 bits per heavy atom. The van der Waals surface area contributed by atoms with Gasteiger partial charge in [-0.2, -0.15) is 0 Å². The third-order valence-corrected chi connectivity index (χ3v) is 16.2. The summed E-state index contributed by atoms with van der Waals surface area (Å²) in [6.07, 6.45) is 20.8. The van der Waals surface area contributed by atoms with Gasteiger partial charge in [0, 0.05) is 0 Å². The molecule has 0 spiro atoms. The lowest BCUT2D eigenvalue weighted by Crippen LogP contribution is -2.31. The van der Waals surface area contributed by atoms with Crippen molar-refractivity contribution in [3.63, 3.8) is 0 Å². The third kappa shape index (κ3) is 6.35. The molecule has 0 saturated heterocycles. The molecule has 2 heteroatoms. The number of rotatable bonds is 6. The monoisotopic (exact) mass is 510 g/mol. The van der Waals surface area contributed by atoms with Crippen LogP contribution in [0.2, 0.25) is 0 Å². The highest BCUT2D eigenvalue weighted by Gasteiger charge is 2.40. The molecule has 2 saturated carbocycles. The molecule has 0 nitrogen and oxygen atoms in total. The van der Waals surface area contributed by atoms with Crippen LogP contribution in [0.5, 0.6) is 0 Å². The summed E-state index contributed by atoms with van der Waals surface area (Å²) in [6, 6.07) is 9.76. The van der Waals surface area contributed by atoms with Crippen molar-refractivity contribution in [3.8, 4) is 0 Å². The Morgan fingerprint density at radius 2 is 1.26 bits per heavy atom. The molecule has 0 heterocycles. The molecule has 0 aliphatic heterocycles. The van der Waals surface area contributed by atoms with E-state index in [4.69, 9.17) is 0 Å². The summed E-state index contributed by atoms with van der Waals surface area (Å²) >= 11 is 0. The van der Waals surface area contributed by atoms with Crippen LogP contribution in [0.1, 0.15) is 125 Å². The highest BCUT2D eigenvalue weighted by atomic mass is 31.1. The van der Waals surface area contributed by atoms with Crippen LogP contribution < -0.4 is 5.30 Å². The Bertz CT molecular complexity index is 866. The number of hydrogen-bond donors (Lipinski definition) is 0. The molecule has 0 N–H and O–H groups in total. The van der Waals surface area contributed by atoms with Crippen molar-refractivity contribution in [1.29, 1.82) is 0 Å². The molecular formula is C33H52P2. The Hall–Kier alpha value is -0.440. The minimum absolute atomic E-state index is 0.0906. The Morgan fingerprint density at radius 1 is 0.743 bits per heavy atom. The lowest BCUT2D eigenvalue weighted by atomic mass is 9.99. The zero-order valence-corrected chi connectivity index (χ0v) is 25.7. The number of allylic oxidation sites excluding steroid dienone is 4. The van der Waals surface area contributed by atoms with Crippen molar-refractivity contribution < 1.29 is 0 Å². The van der Waals surface area contributed by atoms with E-state index in [1.165, 1.54) is 64.2 Å². The molecule has 0 radical (unpaired) electrons. The maximum absolute atomic E-state index is 2.57. The van der Waals surface area contributed by atoms with Gasteiger partial charge in [0.05, 0.1) is 0 Å². The molecule has 1 atom stereocenters. The molecule has 3 aliphatic carbocycles. The van der Waals surface area contributed by atoms with E-state index in [9.17, 15) is 0 Å². The van der Waals surface area contributed by atoms with Gasteiger partial charge in [0.1, 0.15) is 0 Å². The van der Waals surface area contributed by atoms with E-state index in [0.29, 0.717) is 16.0 Å². The highest BCUT2D eigenvalue weighted by Crippen LogP contribution is 2.65. The van der Waals surface area contributed by atoms with Crippen molar-refractivity contribution in [1.82, 2.24) is 0 Å². The van der Waals surface area contributed by atoms with Crippen molar-refractivity contribution in [2.45, 2.75) is 146 Å². The lowest BCUT2D eigenvalue weighted by molar-refractivity contribution is 0.487. The van der Waals surface area contributed by atoms with Crippen LogP contribution in [-0.4, -0.2) is 27.3 Å². The largest absolute Gasteiger partial charge is 0.0885 e. The average molecular weight is 511 g/mol. The lowest BCUT2D eigenvalue weighted by Gasteiger charge is -2.46. The quantitative estimate of drug-likeness (QED) is 0.334. The topological polar surface area (TPSA) is 0 Å². The van der Waals surface area contributed by atoms with Gasteiger partial charge in [-0.15, -0.1) is 0 Å². The van der Waals surface area contributed by atoms with Crippen LogP contribution in [0.4, 0.5) is 0 Å². The third-order valence-electron chi connectivity index (χ3n) is 8.71. The van der Waals surface area contributed by atoms with E-state index in [1.807, 2.05) is 0 Å². The van der Waals surface area contributed by atoms with Crippen LogP contribution in [0.3, 0.4) is 0 Å². The van der Waals surface area contributed by atoms with E-state index >= 15 is 0 Å². The molecule has 4 rings (SSSR count). The van der Waals surface area contributed by atoms with Gasteiger partial charge in [-0.1, -0.05) is 145 Å². The number of hydrogen-bond acceptors (Lipinski definition) is 0. The molecule has 0 amide bonds. The minimum atomic E-state index is -0.174. The molecule has 194 valence electrons. The molecule has 3 aliphatic rings. The fourth-order valence-electron chi connectivity index (χ4n) is 7.84. The normalized spacial score (nSPS) is 22.0. The fraction of sp³-hybridized carbons (Fsp3) is 0.697. The average Bonchev–Trinajstić information content (AvgIpc) is 3.29.